The summed E-state index contributed by atoms with van der Waals surface area (Å²) in [5.41, 5.74) is 1.98. The van der Waals surface area contributed by atoms with Crippen LogP contribution in [0.3, 0.4) is 0 Å². The zero-order chi connectivity index (χ0) is 27.8. The van der Waals surface area contributed by atoms with Gasteiger partial charge in [0.25, 0.3) is 0 Å². The van der Waals surface area contributed by atoms with E-state index in [4.69, 9.17) is 0 Å². The Morgan fingerprint density at radius 1 is 0.949 bits per heavy atom. The first-order chi connectivity index (χ1) is 18.6. The molecule has 1 spiro atoms. The molecule has 5 rings (SSSR count). The summed E-state index contributed by atoms with van der Waals surface area (Å²) in [5.74, 6) is 1.20. The van der Waals surface area contributed by atoms with Crippen LogP contribution in [0.2, 0.25) is 0 Å². The molecule has 3 aliphatic rings. The predicted molar refractivity (Wildman–Crippen MR) is 152 cm³/mol. The predicted octanol–water partition coefficient (Wildman–Crippen LogP) is 3.80. The number of nitrogens with zero attached hydrogens (tertiary/aromatic N) is 3. The van der Waals surface area contributed by atoms with Crippen LogP contribution < -0.4 is 0 Å². The number of sulfone groups is 1. The topological polar surface area (TPSA) is 78.0 Å². The maximum Gasteiger partial charge on any atom is 0.229 e. The minimum Gasteiger partial charge on any atom is -0.342 e. The van der Waals surface area contributed by atoms with E-state index in [0.717, 1.165) is 64.1 Å². The van der Waals surface area contributed by atoms with Crippen molar-refractivity contribution < 1.29 is 18.0 Å². The molecule has 3 fully saturated rings. The standard InChI is InChI=1S/C31H41N3O4S/c1-23(2)29(35)34-21-26(28(22-34)25-7-5-4-6-8-25)20-32-16-13-31(14-17-32)15-18-33(30(31)36)19-24-9-11-27(12-10-24)39(3,37)38/h4-12,23,26,28H,13-22H2,1-3H3/t26-,28+/m0/s1. The number of carbonyl (C=O) groups is 2. The number of rotatable bonds is 7. The van der Waals surface area contributed by atoms with Gasteiger partial charge >= 0.3 is 0 Å². The first-order valence-corrected chi connectivity index (χ1v) is 16.1. The second-order valence-electron chi connectivity index (χ2n) is 12.1. The van der Waals surface area contributed by atoms with Crippen molar-refractivity contribution in [3.63, 3.8) is 0 Å². The SMILES string of the molecule is CC(C)C(=O)N1C[C@H](CN2CCC3(CC2)CCN(Cc2ccc(S(C)(=O)=O)cc2)C3=O)[C@@H](c2ccccc2)C1. The number of piperidine rings is 1. The smallest absolute Gasteiger partial charge is 0.229 e. The van der Waals surface area contributed by atoms with Gasteiger partial charge in [-0.05, 0) is 61.5 Å². The summed E-state index contributed by atoms with van der Waals surface area (Å²) >= 11 is 0. The fourth-order valence-electron chi connectivity index (χ4n) is 6.74. The van der Waals surface area contributed by atoms with Crippen LogP contribution >= 0.6 is 0 Å². The molecular weight excluding hydrogens is 510 g/mol. The second-order valence-corrected chi connectivity index (χ2v) is 14.2. The molecule has 0 N–H and O–H groups in total. The van der Waals surface area contributed by atoms with E-state index in [-0.39, 0.29) is 23.1 Å². The first-order valence-electron chi connectivity index (χ1n) is 14.2. The van der Waals surface area contributed by atoms with E-state index in [1.165, 1.54) is 11.8 Å². The van der Waals surface area contributed by atoms with Crippen molar-refractivity contribution in [1.82, 2.24) is 14.7 Å². The monoisotopic (exact) mass is 551 g/mol. The lowest BCUT2D eigenvalue weighted by atomic mass is 9.76. The third-order valence-electron chi connectivity index (χ3n) is 9.11. The third kappa shape index (κ3) is 5.92. The minimum atomic E-state index is -3.23. The quantitative estimate of drug-likeness (QED) is 0.523. The highest BCUT2D eigenvalue weighted by molar-refractivity contribution is 7.90. The van der Waals surface area contributed by atoms with Crippen molar-refractivity contribution in [3.8, 4) is 0 Å². The molecule has 2 amide bonds. The summed E-state index contributed by atoms with van der Waals surface area (Å²) < 4.78 is 23.5. The molecule has 0 unspecified atom stereocenters. The Labute approximate surface area is 233 Å². The van der Waals surface area contributed by atoms with E-state index in [2.05, 4.69) is 34.1 Å². The highest BCUT2D eigenvalue weighted by Gasteiger charge is 2.48. The van der Waals surface area contributed by atoms with Crippen molar-refractivity contribution in [2.45, 2.75) is 50.5 Å². The van der Waals surface area contributed by atoms with Crippen LogP contribution in [-0.4, -0.2) is 80.5 Å². The number of benzene rings is 2. The van der Waals surface area contributed by atoms with Gasteiger partial charge in [-0.25, -0.2) is 8.42 Å². The van der Waals surface area contributed by atoms with Crippen molar-refractivity contribution >= 4 is 21.7 Å². The average molecular weight is 552 g/mol. The van der Waals surface area contributed by atoms with Gasteiger partial charge in [-0.1, -0.05) is 56.3 Å². The van der Waals surface area contributed by atoms with Gasteiger partial charge in [0.15, 0.2) is 9.84 Å². The van der Waals surface area contributed by atoms with Gasteiger partial charge in [0, 0.05) is 50.8 Å². The van der Waals surface area contributed by atoms with Crippen LogP contribution in [0.1, 0.15) is 50.2 Å². The molecular formula is C31H41N3O4S. The molecule has 2 aromatic rings. The molecule has 0 radical (unpaired) electrons. The normalized spacial score (nSPS) is 23.7. The third-order valence-corrected chi connectivity index (χ3v) is 10.2. The Bertz CT molecular complexity index is 1280. The lowest BCUT2D eigenvalue weighted by Gasteiger charge is -2.39. The first kappa shape index (κ1) is 27.8. The zero-order valence-corrected chi connectivity index (χ0v) is 24.2. The van der Waals surface area contributed by atoms with Gasteiger partial charge in [-0.15, -0.1) is 0 Å². The molecule has 0 aromatic heterocycles. The van der Waals surface area contributed by atoms with Crippen molar-refractivity contribution in [1.29, 1.82) is 0 Å². The molecule has 3 aliphatic heterocycles. The Morgan fingerprint density at radius 3 is 2.21 bits per heavy atom. The summed E-state index contributed by atoms with van der Waals surface area (Å²) in [6, 6.07) is 17.5. The molecule has 0 bridgehead atoms. The van der Waals surface area contributed by atoms with E-state index in [9.17, 15) is 18.0 Å². The molecule has 3 heterocycles. The Hall–Kier alpha value is -2.71. The number of hydrogen-bond donors (Lipinski definition) is 0. The molecule has 210 valence electrons. The molecule has 7 nitrogen and oxygen atoms in total. The van der Waals surface area contributed by atoms with Crippen LogP contribution in [0.25, 0.3) is 0 Å². The summed E-state index contributed by atoms with van der Waals surface area (Å²) in [4.78, 5) is 33.2. The molecule has 0 saturated carbocycles. The van der Waals surface area contributed by atoms with Crippen LogP contribution in [0, 0.1) is 17.3 Å². The summed E-state index contributed by atoms with van der Waals surface area (Å²) in [6.07, 6.45) is 3.82. The fraction of sp³-hybridized carbons (Fsp3) is 0.548. The van der Waals surface area contributed by atoms with E-state index in [1.807, 2.05) is 36.9 Å². The van der Waals surface area contributed by atoms with Gasteiger partial charge in [0.2, 0.25) is 11.8 Å². The molecule has 3 saturated heterocycles. The summed E-state index contributed by atoms with van der Waals surface area (Å²) in [6.45, 7) is 9.55. The zero-order valence-electron chi connectivity index (χ0n) is 23.4. The number of hydrogen-bond acceptors (Lipinski definition) is 5. The van der Waals surface area contributed by atoms with Gasteiger partial charge in [0.1, 0.15) is 0 Å². The Kier molecular flexibility index (Phi) is 7.89. The van der Waals surface area contributed by atoms with Crippen molar-refractivity contribution in [3.05, 3.63) is 65.7 Å². The van der Waals surface area contributed by atoms with Crippen LogP contribution in [0.4, 0.5) is 0 Å². The lowest BCUT2D eigenvalue weighted by Crippen LogP contribution is -2.46. The van der Waals surface area contributed by atoms with Gasteiger partial charge in [-0.3, -0.25) is 9.59 Å². The summed E-state index contributed by atoms with van der Waals surface area (Å²) in [5, 5.41) is 0. The Morgan fingerprint density at radius 2 is 1.59 bits per heavy atom. The highest BCUT2D eigenvalue weighted by Crippen LogP contribution is 2.43. The van der Waals surface area contributed by atoms with E-state index < -0.39 is 9.84 Å². The molecule has 0 aliphatic carbocycles. The average Bonchev–Trinajstić information content (AvgIpc) is 3.47. The van der Waals surface area contributed by atoms with Gasteiger partial charge < -0.3 is 14.7 Å². The molecule has 39 heavy (non-hydrogen) atoms. The second kappa shape index (κ2) is 11.0. The van der Waals surface area contributed by atoms with E-state index in [1.54, 1.807) is 12.1 Å². The molecule has 2 atom stereocenters. The largest absolute Gasteiger partial charge is 0.342 e. The van der Waals surface area contributed by atoms with Crippen molar-refractivity contribution in [2.24, 2.45) is 17.3 Å². The summed E-state index contributed by atoms with van der Waals surface area (Å²) in [7, 11) is -3.23. The Balaban J connectivity index is 1.20. The van der Waals surface area contributed by atoms with Crippen LogP contribution in [-0.2, 0) is 26.0 Å². The highest BCUT2D eigenvalue weighted by atomic mass is 32.2. The fourth-order valence-corrected chi connectivity index (χ4v) is 7.38. The minimum absolute atomic E-state index is 0.00367. The molecule has 8 heteroatoms. The maximum atomic E-state index is 13.6. The van der Waals surface area contributed by atoms with Crippen LogP contribution in [0.5, 0.6) is 0 Å². The van der Waals surface area contributed by atoms with E-state index >= 15 is 0 Å². The molecule has 2 aromatic carbocycles. The number of carbonyl (C=O) groups excluding carboxylic acids is 2. The van der Waals surface area contributed by atoms with Gasteiger partial charge in [-0.2, -0.15) is 0 Å². The lowest BCUT2D eigenvalue weighted by molar-refractivity contribution is -0.139. The maximum absolute atomic E-state index is 13.6. The van der Waals surface area contributed by atoms with Crippen molar-refractivity contribution in [2.75, 3.05) is 45.5 Å². The van der Waals surface area contributed by atoms with E-state index in [0.29, 0.717) is 23.3 Å². The number of likely N-dealkylation sites (tertiary alicyclic amines) is 3. The van der Waals surface area contributed by atoms with Crippen LogP contribution in [0.15, 0.2) is 59.5 Å². The number of amides is 2. The van der Waals surface area contributed by atoms with Gasteiger partial charge in [0.05, 0.1) is 10.3 Å².